The summed E-state index contributed by atoms with van der Waals surface area (Å²) in [5, 5.41) is 0. The molecule has 0 radical (unpaired) electrons. The highest BCUT2D eigenvalue weighted by molar-refractivity contribution is 5.23. The molecule has 0 heterocycles. The van der Waals surface area contributed by atoms with Gasteiger partial charge in [-0.1, -0.05) is 25.5 Å². The van der Waals surface area contributed by atoms with E-state index in [-0.39, 0.29) is 5.82 Å². The summed E-state index contributed by atoms with van der Waals surface area (Å²) in [4.78, 5) is 0. The van der Waals surface area contributed by atoms with E-state index in [2.05, 4.69) is 12.7 Å². The summed E-state index contributed by atoms with van der Waals surface area (Å²) in [6, 6.07) is 5.41. The first kappa shape index (κ1) is 12.1. The van der Waals surface area contributed by atoms with E-state index in [0.29, 0.717) is 0 Å². The lowest BCUT2D eigenvalue weighted by molar-refractivity contribution is 0.606. The van der Waals surface area contributed by atoms with Crippen LogP contribution in [-0.2, 0) is 6.42 Å². The molecular weight excluding hydrogens is 165 g/mol. The zero-order valence-electron chi connectivity index (χ0n) is 8.60. The molecule has 2 heteroatoms. The topological polar surface area (TPSA) is 26.0 Å². The molecule has 0 amide bonds. The molecule has 0 fully saturated rings. The van der Waals surface area contributed by atoms with Crippen molar-refractivity contribution < 1.29 is 4.39 Å². The molecule has 13 heavy (non-hydrogen) atoms. The van der Waals surface area contributed by atoms with Gasteiger partial charge in [0.05, 0.1) is 0 Å². The lowest BCUT2D eigenvalue weighted by Gasteiger charge is -2.00. The standard InChI is InChI=1S/C10H13F.CH5N/c1-3-4-9-6-5-8(2)7-10(9)11;1-2/h5-7H,3-4H2,1-2H3;2H2,1H3. The van der Waals surface area contributed by atoms with Crippen molar-refractivity contribution in [2.24, 2.45) is 5.73 Å². The van der Waals surface area contributed by atoms with E-state index in [1.165, 1.54) is 7.05 Å². The van der Waals surface area contributed by atoms with Gasteiger partial charge in [0, 0.05) is 0 Å². The van der Waals surface area contributed by atoms with Crippen molar-refractivity contribution in [3.8, 4) is 0 Å². The van der Waals surface area contributed by atoms with Crippen LogP contribution in [0, 0.1) is 12.7 Å². The van der Waals surface area contributed by atoms with Crippen molar-refractivity contribution in [3.05, 3.63) is 35.1 Å². The summed E-state index contributed by atoms with van der Waals surface area (Å²) in [6.07, 6.45) is 1.84. The van der Waals surface area contributed by atoms with Gasteiger partial charge in [0.2, 0.25) is 0 Å². The third-order valence-electron chi connectivity index (χ3n) is 1.73. The number of halogens is 1. The van der Waals surface area contributed by atoms with E-state index in [4.69, 9.17) is 0 Å². The van der Waals surface area contributed by atoms with Gasteiger partial charge in [-0.05, 0) is 37.6 Å². The Balaban J connectivity index is 0.000000671. The minimum atomic E-state index is -0.0631. The number of hydrogen-bond donors (Lipinski definition) is 1. The minimum absolute atomic E-state index is 0.0631. The number of hydrogen-bond acceptors (Lipinski definition) is 1. The smallest absolute Gasteiger partial charge is 0.126 e. The first-order chi connectivity index (χ1) is 6.24. The summed E-state index contributed by atoms with van der Waals surface area (Å²) in [6.45, 7) is 3.96. The molecule has 1 nitrogen and oxygen atoms in total. The number of nitrogens with two attached hydrogens (primary N) is 1. The Labute approximate surface area is 79.8 Å². The summed E-state index contributed by atoms with van der Waals surface area (Å²) in [7, 11) is 1.50. The SMILES string of the molecule is CCCc1ccc(C)cc1F.CN. The molecule has 1 aromatic rings. The summed E-state index contributed by atoms with van der Waals surface area (Å²) >= 11 is 0. The van der Waals surface area contributed by atoms with Crippen LogP contribution in [0.25, 0.3) is 0 Å². The normalized spacial score (nSPS) is 9.00. The molecule has 0 atom stereocenters. The molecule has 0 unspecified atom stereocenters. The average molecular weight is 183 g/mol. The maximum Gasteiger partial charge on any atom is 0.126 e. The molecule has 0 aliphatic rings. The molecule has 1 aromatic carbocycles. The molecule has 1 rings (SSSR count). The Morgan fingerprint density at radius 3 is 2.38 bits per heavy atom. The maximum absolute atomic E-state index is 13.0. The van der Waals surface area contributed by atoms with Crippen LogP contribution >= 0.6 is 0 Å². The van der Waals surface area contributed by atoms with Gasteiger partial charge in [-0.15, -0.1) is 0 Å². The largest absolute Gasteiger partial charge is 0.333 e. The van der Waals surface area contributed by atoms with Crippen LogP contribution in [0.4, 0.5) is 4.39 Å². The van der Waals surface area contributed by atoms with Crippen molar-refractivity contribution in [1.29, 1.82) is 0 Å². The predicted molar refractivity (Wildman–Crippen MR) is 55.2 cm³/mol. The highest BCUT2D eigenvalue weighted by Gasteiger charge is 1.99. The van der Waals surface area contributed by atoms with Gasteiger partial charge in [-0.25, -0.2) is 4.39 Å². The van der Waals surface area contributed by atoms with Crippen molar-refractivity contribution in [2.75, 3.05) is 7.05 Å². The van der Waals surface area contributed by atoms with Crippen LogP contribution in [0.5, 0.6) is 0 Å². The number of aryl methyl sites for hydroxylation is 2. The third-order valence-corrected chi connectivity index (χ3v) is 1.73. The number of rotatable bonds is 2. The summed E-state index contributed by atoms with van der Waals surface area (Å²) in [5.74, 6) is -0.0631. The molecule has 0 saturated heterocycles. The van der Waals surface area contributed by atoms with Gasteiger partial charge in [0.15, 0.2) is 0 Å². The fraction of sp³-hybridized carbons (Fsp3) is 0.455. The molecule has 0 aliphatic heterocycles. The van der Waals surface area contributed by atoms with E-state index in [1.807, 2.05) is 19.1 Å². The molecule has 2 N–H and O–H groups in total. The first-order valence-corrected chi connectivity index (χ1v) is 4.57. The van der Waals surface area contributed by atoms with Gasteiger partial charge >= 0.3 is 0 Å². The van der Waals surface area contributed by atoms with E-state index < -0.39 is 0 Å². The quantitative estimate of drug-likeness (QED) is 0.749. The fourth-order valence-electron chi connectivity index (χ4n) is 1.12. The van der Waals surface area contributed by atoms with E-state index >= 15 is 0 Å². The molecule has 0 aliphatic carbocycles. The highest BCUT2D eigenvalue weighted by Crippen LogP contribution is 2.11. The van der Waals surface area contributed by atoms with Crippen molar-refractivity contribution in [3.63, 3.8) is 0 Å². The fourth-order valence-corrected chi connectivity index (χ4v) is 1.12. The maximum atomic E-state index is 13.0. The number of benzene rings is 1. The van der Waals surface area contributed by atoms with Crippen molar-refractivity contribution >= 4 is 0 Å². The zero-order chi connectivity index (χ0) is 10.3. The first-order valence-electron chi connectivity index (χ1n) is 4.57. The van der Waals surface area contributed by atoms with E-state index in [0.717, 1.165) is 24.0 Å². The highest BCUT2D eigenvalue weighted by atomic mass is 19.1. The lowest BCUT2D eigenvalue weighted by Crippen LogP contribution is -1.89. The second-order valence-electron chi connectivity index (χ2n) is 2.84. The van der Waals surface area contributed by atoms with Crippen molar-refractivity contribution in [1.82, 2.24) is 0 Å². The van der Waals surface area contributed by atoms with Crippen LogP contribution in [-0.4, -0.2) is 7.05 Å². The van der Waals surface area contributed by atoms with Crippen LogP contribution in [0.2, 0.25) is 0 Å². The molecular formula is C11H18FN. The zero-order valence-corrected chi connectivity index (χ0v) is 8.60. The summed E-state index contributed by atoms with van der Waals surface area (Å²) < 4.78 is 13.0. The van der Waals surface area contributed by atoms with Crippen LogP contribution < -0.4 is 5.73 Å². The minimum Gasteiger partial charge on any atom is -0.333 e. The van der Waals surface area contributed by atoms with Gasteiger partial charge in [0.25, 0.3) is 0 Å². The second kappa shape index (κ2) is 6.61. The van der Waals surface area contributed by atoms with Gasteiger partial charge in [-0.2, -0.15) is 0 Å². The second-order valence-corrected chi connectivity index (χ2v) is 2.84. The Morgan fingerprint density at radius 1 is 1.31 bits per heavy atom. The Bertz CT molecular complexity index is 246. The van der Waals surface area contributed by atoms with Crippen LogP contribution in [0.3, 0.4) is 0 Å². The van der Waals surface area contributed by atoms with Crippen molar-refractivity contribution in [2.45, 2.75) is 26.7 Å². The van der Waals surface area contributed by atoms with Gasteiger partial charge in [0.1, 0.15) is 5.82 Å². The predicted octanol–water partition coefficient (Wildman–Crippen LogP) is 2.66. The van der Waals surface area contributed by atoms with E-state index in [9.17, 15) is 4.39 Å². The molecule has 0 bridgehead atoms. The monoisotopic (exact) mass is 183 g/mol. The Kier molecular flexibility index (Phi) is 6.15. The van der Waals surface area contributed by atoms with Gasteiger partial charge in [-0.3, -0.25) is 0 Å². The molecule has 0 spiro atoms. The average Bonchev–Trinajstić information content (AvgIpc) is 2.14. The Morgan fingerprint density at radius 2 is 1.92 bits per heavy atom. The van der Waals surface area contributed by atoms with Gasteiger partial charge < -0.3 is 5.73 Å². The van der Waals surface area contributed by atoms with E-state index in [1.54, 1.807) is 6.07 Å². The Hall–Kier alpha value is -0.890. The molecule has 0 saturated carbocycles. The summed E-state index contributed by atoms with van der Waals surface area (Å²) in [5.41, 5.74) is 6.32. The van der Waals surface area contributed by atoms with Crippen LogP contribution in [0.1, 0.15) is 24.5 Å². The molecule has 74 valence electrons. The van der Waals surface area contributed by atoms with Crippen LogP contribution in [0.15, 0.2) is 18.2 Å². The lowest BCUT2D eigenvalue weighted by atomic mass is 10.1. The molecule has 0 aromatic heterocycles. The third kappa shape index (κ3) is 4.04.